The molecule has 0 nitrogen and oxygen atoms in total. The zero-order chi connectivity index (χ0) is 22.2. The minimum Gasteiger partial charge on any atom is -0.0622 e. The molecular formula is C25H22Cl4FeP. The molecule has 4 rings (SSSR count). The standard InChI is InChI=1S/C25H22P.4ClH.Fe/c1-5-13-22(14-6-1)21-26(23-15-7-2-8-16-23,24-17-9-3-10-18-24)25-19-11-4-12-20-25;;;;;/h1-20H,21H2;4*1H;/q+1;;;;;+3/p-4. The summed E-state index contributed by atoms with van der Waals surface area (Å²) in [7, 11) is 15.4. The van der Waals surface area contributed by atoms with Crippen molar-refractivity contribution in [2.45, 2.75) is 6.16 Å². The smallest absolute Gasteiger partial charge is 0.0622 e. The molecule has 0 aliphatic rings. The first-order valence-corrected chi connectivity index (χ1v) is 17.6. The summed E-state index contributed by atoms with van der Waals surface area (Å²) in [6.45, 7) is 0. The fourth-order valence-corrected chi connectivity index (χ4v) is 7.87. The van der Waals surface area contributed by atoms with Gasteiger partial charge in [-0.05, 0) is 42.0 Å². The molecule has 0 aromatic heterocycles. The van der Waals surface area contributed by atoms with Gasteiger partial charge >= 0.3 is 49.6 Å². The summed E-state index contributed by atoms with van der Waals surface area (Å²) in [4.78, 5) is 0. The van der Waals surface area contributed by atoms with E-state index in [9.17, 15) is 0 Å². The number of halogens is 4. The fourth-order valence-electron chi connectivity index (χ4n) is 3.63. The second-order valence-electron chi connectivity index (χ2n) is 6.76. The molecule has 0 aliphatic carbocycles. The molecule has 0 amide bonds. The number of rotatable bonds is 5. The van der Waals surface area contributed by atoms with E-state index >= 15 is 0 Å². The quantitative estimate of drug-likeness (QED) is 0.175. The fraction of sp³-hybridized carbons (Fsp3) is 0.0400. The Labute approximate surface area is 204 Å². The van der Waals surface area contributed by atoms with Crippen molar-refractivity contribution in [1.29, 1.82) is 0 Å². The van der Waals surface area contributed by atoms with Crippen molar-refractivity contribution < 1.29 is 9.20 Å². The van der Waals surface area contributed by atoms with Gasteiger partial charge in [-0.2, -0.15) is 0 Å². The van der Waals surface area contributed by atoms with Gasteiger partial charge in [0, 0.05) is 0 Å². The van der Waals surface area contributed by atoms with Crippen LogP contribution in [-0.4, -0.2) is 0 Å². The van der Waals surface area contributed by atoms with E-state index in [1.54, 1.807) is 0 Å². The van der Waals surface area contributed by atoms with Crippen LogP contribution in [-0.2, 0) is 15.4 Å². The first kappa shape index (κ1) is 24.6. The van der Waals surface area contributed by atoms with Crippen LogP contribution < -0.4 is 15.9 Å². The first-order chi connectivity index (χ1) is 14.9. The molecule has 0 saturated carbocycles. The molecule has 0 spiro atoms. The average molecular weight is 551 g/mol. The molecule has 31 heavy (non-hydrogen) atoms. The summed E-state index contributed by atoms with van der Waals surface area (Å²) in [6, 6.07) is 44.0. The molecule has 0 N–H and O–H groups in total. The average Bonchev–Trinajstić information content (AvgIpc) is 2.79. The summed E-state index contributed by atoms with van der Waals surface area (Å²) in [5.41, 5.74) is 1.39. The first-order valence-electron chi connectivity index (χ1n) is 9.52. The molecule has 0 heterocycles. The van der Waals surface area contributed by atoms with Crippen LogP contribution in [0.15, 0.2) is 121 Å². The minimum absolute atomic E-state index is 1.03. The van der Waals surface area contributed by atoms with Gasteiger partial charge in [0.25, 0.3) is 0 Å². The largest absolute Gasteiger partial charge is 0.116 e. The van der Waals surface area contributed by atoms with Crippen molar-refractivity contribution in [3.63, 3.8) is 0 Å². The monoisotopic (exact) mass is 549 g/mol. The Bertz CT molecular complexity index is 938. The van der Waals surface area contributed by atoms with Crippen molar-refractivity contribution in [1.82, 2.24) is 0 Å². The summed E-state index contributed by atoms with van der Waals surface area (Å²) in [6.07, 6.45) is 1.03. The van der Waals surface area contributed by atoms with Crippen LogP contribution in [0.3, 0.4) is 0 Å². The van der Waals surface area contributed by atoms with Crippen LogP contribution in [0.4, 0.5) is 0 Å². The minimum atomic E-state index is -2.61. The second kappa shape index (κ2) is 11.7. The van der Waals surface area contributed by atoms with Crippen LogP contribution >= 0.6 is 47.7 Å². The third-order valence-corrected chi connectivity index (χ3v) is 9.23. The maximum atomic E-state index is 4.95. The van der Waals surface area contributed by atoms with E-state index in [1.165, 1.54) is 21.5 Å². The van der Waals surface area contributed by atoms with Gasteiger partial charge in [-0.25, -0.2) is 0 Å². The molecule has 0 unspecified atom stereocenters. The van der Waals surface area contributed by atoms with Gasteiger partial charge in [0.05, 0.1) is 6.16 Å². The van der Waals surface area contributed by atoms with Gasteiger partial charge in [0.15, 0.2) is 0 Å². The Balaban J connectivity index is 0.000000491. The summed E-state index contributed by atoms with van der Waals surface area (Å²) >= 11 is 0. The Morgan fingerprint density at radius 2 is 0.710 bits per heavy atom. The maximum Gasteiger partial charge on any atom is 0.116 e. The summed E-state index contributed by atoms with van der Waals surface area (Å²) in [5, 5.41) is 4.30. The molecule has 4 aromatic rings. The predicted molar refractivity (Wildman–Crippen MR) is 139 cm³/mol. The topological polar surface area (TPSA) is 0 Å². The van der Waals surface area contributed by atoms with E-state index in [2.05, 4.69) is 121 Å². The number of hydrogen-bond donors (Lipinski definition) is 0. The van der Waals surface area contributed by atoms with Crippen molar-refractivity contribution >= 4 is 63.6 Å². The van der Waals surface area contributed by atoms with Crippen LogP contribution in [0.5, 0.6) is 0 Å². The number of benzene rings is 4. The Kier molecular flexibility index (Phi) is 9.32. The van der Waals surface area contributed by atoms with E-state index in [1.807, 2.05) is 0 Å². The van der Waals surface area contributed by atoms with E-state index in [0.717, 1.165) is 6.16 Å². The Hall–Kier alpha value is -1.01. The molecule has 163 valence electrons. The molecule has 6 heteroatoms. The van der Waals surface area contributed by atoms with E-state index < -0.39 is 16.5 Å². The van der Waals surface area contributed by atoms with Crippen molar-refractivity contribution in [2.75, 3.05) is 0 Å². The Morgan fingerprint density at radius 1 is 0.452 bits per heavy atom. The number of hydrogen-bond acceptors (Lipinski definition) is 0. The Morgan fingerprint density at radius 3 is 1.00 bits per heavy atom. The van der Waals surface area contributed by atoms with Crippen LogP contribution in [0.2, 0.25) is 0 Å². The molecule has 0 bridgehead atoms. The van der Waals surface area contributed by atoms with Gasteiger partial charge in [-0.15, -0.1) is 0 Å². The second-order valence-corrected chi connectivity index (χ2v) is 21.2. The van der Waals surface area contributed by atoms with Crippen LogP contribution in [0.1, 0.15) is 5.56 Å². The van der Waals surface area contributed by atoms with E-state index in [-0.39, 0.29) is 0 Å². The summed E-state index contributed by atoms with van der Waals surface area (Å²) < 4.78 is 0. The molecule has 0 aliphatic heterocycles. The zero-order valence-electron chi connectivity index (χ0n) is 16.6. The van der Waals surface area contributed by atoms with Crippen molar-refractivity contribution in [3.8, 4) is 0 Å². The van der Waals surface area contributed by atoms with Gasteiger partial charge in [-0.1, -0.05) is 84.9 Å². The molecule has 4 aromatic carbocycles. The van der Waals surface area contributed by atoms with E-state index in [0.29, 0.717) is 0 Å². The van der Waals surface area contributed by atoms with Gasteiger partial charge in [-0.3, -0.25) is 0 Å². The summed E-state index contributed by atoms with van der Waals surface area (Å²) in [5.74, 6) is 0. The van der Waals surface area contributed by atoms with Gasteiger partial charge in [0.2, 0.25) is 0 Å². The molecular weight excluding hydrogens is 529 g/mol. The SMILES string of the molecule is [Cl][Fe-]([Cl])([Cl])[Cl].c1ccc(C[P+](c2ccccc2)(c2ccccc2)c2ccccc2)cc1. The normalized spacial score (nSPS) is 11.9. The molecule has 0 fully saturated rings. The third kappa shape index (κ3) is 7.24. The van der Waals surface area contributed by atoms with E-state index in [4.69, 9.17) is 40.4 Å². The molecule has 0 radical (unpaired) electrons. The third-order valence-electron chi connectivity index (χ3n) is 4.85. The van der Waals surface area contributed by atoms with Crippen LogP contribution in [0, 0.1) is 0 Å². The van der Waals surface area contributed by atoms with Crippen molar-refractivity contribution in [2.24, 2.45) is 0 Å². The van der Waals surface area contributed by atoms with Crippen LogP contribution in [0.25, 0.3) is 0 Å². The molecule has 0 saturated heterocycles. The maximum absolute atomic E-state index is 4.95. The van der Waals surface area contributed by atoms with Gasteiger partial charge in [0.1, 0.15) is 23.2 Å². The predicted octanol–water partition coefficient (Wildman–Crippen LogP) is 7.94. The van der Waals surface area contributed by atoms with Gasteiger partial charge < -0.3 is 0 Å². The molecule has 0 atom stereocenters. The zero-order valence-corrected chi connectivity index (χ0v) is 21.6. The van der Waals surface area contributed by atoms with Crippen molar-refractivity contribution in [3.05, 3.63) is 127 Å².